The van der Waals surface area contributed by atoms with Gasteiger partial charge in [0.15, 0.2) is 0 Å². The highest BCUT2D eigenvalue weighted by molar-refractivity contribution is 5.74. The summed E-state index contributed by atoms with van der Waals surface area (Å²) >= 11 is 0. The molecule has 8 atom stereocenters. The number of ether oxygens (including phenoxy) is 2. The fraction of sp³-hybridized carbons (Fsp3) is 0.375. The van der Waals surface area contributed by atoms with Gasteiger partial charge in [0.1, 0.15) is 23.7 Å². The lowest BCUT2D eigenvalue weighted by Crippen LogP contribution is -2.43. The minimum absolute atomic E-state index is 0.0724. The van der Waals surface area contributed by atoms with Crippen molar-refractivity contribution < 1.29 is 9.47 Å². The van der Waals surface area contributed by atoms with E-state index in [-0.39, 0.29) is 30.1 Å². The number of benzene rings is 1. The van der Waals surface area contributed by atoms with Crippen LogP contribution in [-0.2, 0) is 9.47 Å². The fourth-order valence-electron chi connectivity index (χ4n) is 10.9. The van der Waals surface area contributed by atoms with Gasteiger partial charge in [-0.25, -0.2) is 0 Å². The molecule has 1 aromatic carbocycles. The molecule has 3 aliphatic heterocycles. The molecule has 0 bridgehead atoms. The number of rotatable bonds is 5. The van der Waals surface area contributed by atoms with Gasteiger partial charge in [0, 0.05) is 40.5 Å². The summed E-state index contributed by atoms with van der Waals surface area (Å²) in [5, 5.41) is 0. The summed E-state index contributed by atoms with van der Waals surface area (Å²) < 4.78 is 13.7. The lowest BCUT2D eigenvalue weighted by atomic mass is 9.80. The van der Waals surface area contributed by atoms with Crippen molar-refractivity contribution >= 4 is 11.4 Å². The number of hydrogen-bond acceptors (Lipinski definition) is 4. The van der Waals surface area contributed by atoms with Gasteiger partial charge in [-0.05, 0) is 117 Å². The van der Waals surface area contributed by atoms with Gasteiger partial charge < -0.3 is 19.3 Å². The Kier molecular flexibility index (Phi) is 7.40. The van der Waals surface area contributed by atoms with Crippen LogP contribution >= 0.6 is 0 Å². The number of anilines is 2. The Morgan fingerprint density at radius 3 is 2.63 bits per heavy atom. The summed E-state index contributed by atoms with van der Waals surface area (Å²) in [6.45, 7) is 0. The standard InChI is InChI=1S/C48H48N2O2/c1-3-13-31(14-4-1)32-25-27-35-39-30-34(26-28-40(39)49(43(35)29-32)33-15-5-2-6-16-33)50(41-20-12-24-46-47(41)38-18-8-10-23-45(38)51-46)42-21-11-19-37-36-17-7-9-22-44(36)52-48(37)42/h3,5,7,9-11,13-15,17,19-20,22-23,25-30,33,35-36,42-44,46-47H,1-2,4,6,8,12,16,18,21,24H2. The Hall–Kier alpha value is -4.70. The summed E-state index contributed by atoms with van der Waals surface area (Å²) in [6.07, 6.45) is 51.6. The summed E-state index contributed by atoms with van der Waals surface area (Å²) in [4.78, 5) is 5.47. The fourth-order valence-corrected chi connectivity index (χ4v) is 10.9. The Labute approximate surface area is 308 Å². The van der Waals surface area contributed by atoms with Gasteiger partial charge in [0.25, 0.3) is 0 Å². The molecule has 11 rings (SSSR count). The van der Waals surface area contributed by atoms with E-state index in [4.69, 9.17) is 9.47 Å². The Balaban J connectivity index is 1.04. The van der Waals surface area contributed by atoms with Crippen LogP contribution in [0.2, 0.25) is 0 Å². The van der Waals surface area contributed by atoms with Crippen LogP contribution in [-0.4, -0.2) is 30.3 Å². The molecule has 3 heterocycles. The van der Waals surface area contributed by atoms with E-state index >= 15 is 0 Å². The summed E-state index contributed by atoms with van der Waals surface area (Å²) in [6, 6.07) is 8.28. The topological polar surface area (TPSA) is 24.9 Å². The average Bonchev–Trinajstić information content (AvgIpc) is 3.88. The maximum atomic E-state index is 6.96. The van der Waals surface area contributed by atoms with E-state index in [1.807, 2.05) is 0 Å². The van der Waals surface area contributed by atoms with Crippen LogP contribution < -0.4 is 9.80 Å². The summed E-state index contributed by atoms with van der Waals surface area (Å²) in [7, 11) is 0. The first kappa shape index (κ1) is 30.9. The van der Waals surface area contributed by atoms with Crippen LogP contribution in [0.5, 0.6) is 0 Å². The summed E-state index contributed by atoms with van der Waals surface area (Å²) in [5.41, 5.74) is 11.1. The SMILES string of the molecule is C1=CC2OC3=C(C=CCC3N(C3=CCCC4OC5=C(CCC=C5)C34)c3ccc4c(c3)C3C=CC(C5=CCCC=C5)=CC3N4C3C=CCCC3)C2C=C1. The van der Waals surface area contributed by atoms with Gasteiger partial charge in [-0.1, -0.05) is 91.1 Å². The Morgan fingerprint density at radius 1 is 0.750 bits per heavy atom. The highest BCUT2D eigenvalue weighted by atomic mass is 16.5. The van der Waals surface area contributed by atoms with E-state index in [1.165, 1.54) is 64.2 Å². The molecule has 0 spiro atoms. The number of hydrogen-bond donors (Lipinski definition) is 0. The molecule has 0 saturated heterocycles. The molecular weight excluding hydrogens is 637 g/mol. The van der Waals surface area contributed by atoms with Crippen molar-refractivity contribution in [2.24, 2.45) is 11.8 Å². The smallest absolute Gasteiger partial charge is 0.127 e. The minimum Gasteiger partial charge on any atom is -0.489 e. The minimum atomic E-state index is 0.0724. The molecule has 4 heteroatoms. The third-order valence-corrected chi connectivity index (χ3v) is 13.2. The molecule has 7 aliphatic carbocycles. The molecule has 0 amide bonds. The second kappa shape index (κ2) is 12.5. The van der Waals surface area contributed by atoms with Crippen molar-refractivity contribution in [3.8, 4) is 0 Å². The molecule has 0 fully saturated rings. The highest BCUT2D eigenvalue weighted by Crippen LogP contribution is 2.53. The Bertz CT molecular complexity index is 2070. The van der Waals surface area contributed by atoms with Gasteiger partial charge in [-0.15, -0.1) is 0 Å². The first-order chi connectivity index (χ1) is 25.8. The largest absolute Gasteiger partial charge is 0.489 e. The summed E-state index contributed by atoms with van der Waals surface area (Å²) in [5.74, 6) is 3.14. The third kappa shape index (κ3) is 4.86. The zero-order valence-corrected chi connectivity index (χ0v) is 29.9. The lowest BCUT2D eigenvalue weighted by molar-refractivity contribution is 0.114. The van der Waals surface area contributed by atoms with Crippen molar-refractivity contribution in [3.63, 3.8) is 0 Å². The zero-order valence-electron chi connectivity index (χ0n) is 29.9. The molecule has 4 nitrogen and oxygen atoms in total. The van der Waals surface area contributed by atoms with E-state index in [0.717, 1.165) is 56.5 Å². The van der Waals surface area contributed by atoms with E-state index in [0.29, 0.717) is 18.0 Å². The molecule has 8 unspecified atom stereocenters. The van der Waals surface area contributed by atoms with Crippen LogP contribution in [0, 0.1) is 11.8 Å². The number of fused-ring (bicyclic) bond motifs is 7. The van der Waals surface area contributed by atoms with Gasteiger partial charge in [0.05, 0.1) is 18.0 Å². The molecule has 0 aromatic heterocycles. The predicted molar refractivity (Wildman–Crippen MR) is 211 cm³/mol. The quantitative estimate of drug-likeness (QED) is 0.288. The first-order valence-corrected chi connectivity index (χ1v) is 20.1. The van der Waals surface area contributed by atoms with Crippen molar-refractivity contribution in [2.75, 3.05) is 9.80 Å². The Morgan fingerprint density at radius 2 is 1.71 bits per heavy atom. The maximum Gasteiger partial charge on any atom is 0.127 e. The van der Waals surface area contributed by atoms with Crippen LogP contribution in [0.15, 0.2) is 161 Å². The van der Waals surface area contributed by atoms with Gasteiger partial charge >= 0.3 is 0 Å². The zero-order chi connectivity index (χ0) is 34.2. The number of nitrogens with zero attached hydrogens (tertiary/aromatic N) is 2. The molecule has 10 aliphatic rings. The van der Waals surface area contributed by atoms with E-state index < -0.39 is 0 Å². The maximum absolute atomic E-state index is 6.96. The van der Waals surface area contributed by atoms with Gasteiger partial charge in [-0.3, -0.25) is 0 Å². The van der Waals surface area contributed by atoms with Gasteiger partial charge in [-0.2, -0.15) is 0 Å². The van der Waals surface area contributed by atoms with Crippen LogP contribution in [0.25, 0.3) is 0 Å². The third-order valence-electron chi connectivity index (χ3n) is 13.2. The molecule has 52 heavy (non-hydrogen) atoms. The monoisotopic (exact) mass is 684 g/mol. The molecular formula is C48H48N2O2. The van der Waals surface area contributed by atoms with Crippen molar-refractivity contribution in [1.29, 1.82) is 0 Å². The normalized spacial score (nSPS) is 34.5. The second-order valence-electron chi connectivity index (χ2n) is 16.1. The molecule has 1 aromatic rings. The first-order valence-electron chi connectivity index (χ1n) is 20.1. The van der Waals surface area contributed by atoms with Crippen molar-refractivity contribution in [2.45, 2.75) is 100 Å². The van der Waals surface area contributed by atoms with E-state index in [9.17, 15) is 0 Å². The van der Waals surface area contributed by atoms with Crippen LogP contribution in [0.4, 0.5) is 11.4 Å². The lowest BCUT2D eigenvalue weighted by Gasteiger charge is -2.42. The molecule has 0 saturated carbocycles. The highest BCUT2D eigenvalue weighted by Gasteiger charge is 2.47. The molecule has 262 valence electrons. The van der Waals surface area contributed by atoms with E-state index in [2.05, 4.69) is 131 Å². The van der Waals surface area contributed by atoms with Crippen LogP contribution in [0.3, 0.4) is 0 Å². The van der Waals surface area contributed by atoms with E-state index in [1.54, 1.807) is 0 Å². The van der Waals surface area contributed by atoms with Crippen molar-refractivity contribution in [3.05, 3.63) is 167 Å². The average molecular weight is 685 g/mol. The van der Waals surface area contributed by atoms with Crippen LogP contribution in [0.1, 0.15) is 75.7 Å². The second-order valence-corrected chi connectivity index (χ2v) is 16.1. The predicted octanol–water partition coefficient (Wildman–Crippen LogP) is 10.7. The number of allylic oxidation sites excluding steroid dienone is 13. The van der Waals surface area contributed by atoms with Gasteiger partial charge in [0.2, 0.25) is 0 Å². The molecule has 0 radical (unpaired) electrons. The van der Waals surface area contributed by atoms with Crippen molar-refractivity contribution in [1.82, 2.24) is 0 Å². The molecule has 0 N–H and O–H groups in total.